The summed E-state index contributed by atoms with van der Waals surface area (Å²) in [4.78, 5) is 87.9. The molecule has 3 heterocycles. The van der Waals surface area contributed by atoms with Gasteiger partial charge in [0.1, 0.15) is 23.8 Å². The van der Waals surface area contributed by atoms with Gasteiger partial charge >= 0.3 is 0 Å². The lowest BCUT2D eigenvalue weighted by molar-refractivity contribution is -0.145. The molecule has 1 unspecified atom stereocenters. The smallest absolute Gasteiger partial charge is 0.272 e. The van der Waals surface area contributed by atoms with Crippen molar-refractivity contribution in [2.75, 3.05) is 19.6 Å². The van der Waals surface area contributed by atoms with E-state index < -0.39 is 41.4 Å². The summed E-state index contributed by atoms with van der Waals surface area (Å²) in [7, 11) is 0. The van der Waals surface area contributed by atoms with Crippen LogP contribution in [0.3, 0.4) is 0 Å². The highest BCUT2D eigenvalue weighted by molar-refractivity contribution is 14.1. The Balaban J connectivity index is 1.12. The Bertz CT molecular complexity index is 2120. The number of nitrogens with zero attached hydrogens (tertiary/aromatic N) is 5. The third-order valence-corrected chi connectivity index (χ3v) is 14.0. The minimum atomic E-state index is -0.956. The topological polar surface area (TPSA) is 167 Å². The molecule has 4 aromatic rings. The van der Waals surface area contributed by atoms with Crippen molar-refractivity contribution in [1.82, 2.24) is 40.7 Å². The lowest BCUT2D eigenvalue weighted by Gasteiger charge is -2.44. The van der Waals surface area contributed by atoms with Gasteiger partial charge in [-0.25, -0.2) is 9.97 Å². The van der Waals surface area contributed by atoms with Gasteiger partial charge in [0.25, 0.3) is 5.91 Å². The zero-order valence-corrected chi connectivity index (χ0v) is 37.5. The number of hydrogen-bond acceptors (Lipinski definition) is 10. The summed E-state index contributed by atoms with van der Waals surface area (Å²) < 4.78 is 2.01. The summed E-state index contributed by atoms with van der Waals surface area (Å²) in [5, 5.41) is 9.54. The van der Waals surface area contributed by atoms with Gasteiger partial charge in [0.05, 0.1) is 22.5 Å². The van der Waals surface area contributed by atoms with Gasteiger partial charge < -0.3 is 20.9 Å². The van der Waals surface area contributed by atoms with E-state index in [0.717, 1.165) is 70.7 Å². The van der Waals surface area contributed by atoms with Crippen molar-refractivity contribution < 1.29 is 24.0 Å². The highest BCUT2D eigenvalue weighted by Crippen LogP contribution is 2.33. The zero-order valence-electron chi connectivity index (χ0n) is 34.6. The molecule has 15 heteroatoms. The maximum absolute atomic E-state index is 14.8. The number of thiazole rings is 1. The molecule has 1 aliphatic heterocycles. The third-order valence-electron chi connectivity index (χ3n) is 12.2. The second kappa shape index (κ2) is 19.6. The Kier molecular flexibility index (Phi) is 14.3. The molecule has 3 fully saturated rings. The second-order valence-electron chi connectivity index (χ2n) is 17.6. The molecule has 2 saturated carbocycles. The molecule has 2 aromatic heterocycles. The fourth-order valence-corrected chi connectivity index (χ4v) is 9.85. The Hall–Kier alpha value is -4.35. The number of ketones is 1. The molecule has 4 amide bonds. The monoisotopic (exact) mass is 946 g/mol. The highest BCUT2D eigenvalue weighted by Gasteiger charge is 2.43. The number of benzene rings is 2. The van der Waals surface area contributed by atoms with E-state index in [-0.39, 0.29) is 35.8 Å². The van der Waals surface area contributed by atoms with Crippen LogP contribution in [0.1, 0.15) is 104 Å². The van der Waals surface area contributed by atoms with E-state index in [0.29, 0.717) is 37.0 Å². The van der Waals surface area contributed by atoms with E-state index in [4.69, 9.17) is 0 Å². The predicted molar refractivity (Wildman–Crippen MR) is 239 cm³/mol. The summed E-state index contributed by atoms with van der Waals surface area (Å²) in [6, 6.07) is 12.4. The average molecular weight is 947 g/mol. The highest BCUT2D eigenvalue weighted by atomic mass is 127. The number of carbonyl (C=O) groups is 5. The lowest BCUT2D eigenvalue weighted by atomic mass is 9.80. The maximum atomic E-state index is 14.8. The van der Waals surface area contributed by atoms with Crippen molar-refractivity contribution >= 4 is 73.6 Å². The molecule has 0 radical (unpaired) electrons. The first-order chi connectivity index (χ1) is 28.8. The van der Waals surface area contributed by atoms with Crippen molar-refractivity contribution in [2.24, 2.45) is 17.3 Å². The number of aromatic nitrogens is 3. The van der Waals surface area contributed by atoms with Crippen LogP contribution in [0.2, 0.25) is 0 Å². The normalized spacial score (nSPS) is 19.5. The first-order valence-electron chi connectivity index (χ1n) is 21.2. The molecule has 0 bridgehead atoms. The number of fused-ring (bicyclic) bond motifs is 1. The molecule has 2 aromatic carbocycles. The lowest BCUT2D eigenvalue weighted by Crippen LogP contribution is -2.65. The summed E-state index contributed by atoms with van der Waals surface area (Å²) in [5.41, 5.74) is 1.18. The van der Waals surface area contributed by atoms with E-state index >= 15 is 0 Å². The number of Topliss-reactive ketones (excluding diaryl/α,β-unsaturated/α-hetero) is 1. The summed E-state index contributed by atoms with van der Waals surface area (Å²) in [5.74, 6) is -1.52. The molecule has 3 aliphatic rings. The van der Waals surface area contributed by atoms with Crippen LogP contribution >= 0.6 is 33.9 Å². The van der Waals surface area contributed by atoms with Gasteiger partial charge in [0, 0.05) is 42.1 Å². The van der Waals surface area contributed by atoms with Crippen LogP contribution in [0.5, 0.6) is 0 Å². The van der Waals surface area contributed by atoms with E-state index in [9.17, 15) is 24.0 Å². The average Bonchev–Trinajstić information content (AvgIpc) is 3.68. The molecule has 60 heavy (non-hydrogen) atoms. The minimum absolute atomic E-state index is 0.0679. The Morgan fingerprint density at radius 1 is 0.883 bits per heavy atom. The van der Waals surface area contributed by atoms with Gasteiger partial charge in [-0.05, 0) is 88.9 Å². The fourth-order valence-electron chi connectivity index (χ4n) is 8.53. The van der Waals surface area contributed by atoms with Crippen LogP contribution in [0.25, 0.3) is 10.2 Å². The Morgan fingerprint density at radius 2 is 1.63 bits per heavy atom. The van der Waals surface area contributed by atoms with Gasteiger partial charge in [-0.2, -0.15) is 0 Å². The first-order valence-corrected chi connectivity index (χ1v) is 23.1. The number of carbonyl (C=O) groups excluding carboxylic acids is 5. The number of rotatable bonds is 14. The summed E-state index contributed by atoms with van der Waals surface area (Å²) in [6.45, 7) is 6.99. The molecular formula is C45H55IN8O5S. The quantitative estimate of drug-likeness (QED) is 0.0990. The van der Waals surface area contributed by atoms with Gasteiger partial charge in [-0.15, -0.1) is 11.3 Å². The molecule has 7 rings (SSSR count). The fraction of sp³-hybridized carbons (Fsp3) is 0.511. The van der Waals surface area contributed by atoms with Crippen molar-refractivity contribution in [3.05, 3.63) is 87.0 Å². The van der Waals surface area contributed by atoms with Gasteiger partial charge in [0.15, 0.2) is 5.01 Å². The minimum Gasteiger partial charge on any atom is -0.344 e. The molecule has 318 valence electrons. The molecule has 4 atom stereocenters. The molecular weight excluding hydrogens is 892 g/mol. The Labute approximate surface area is 369 Å². The maximum Gasteiger partial charge on any atom is 0.272 e. The van der Waals surface area contributed by atoms with E-state index in [1.54, 1.807) is 4.90 Å². The number of para-hydroxylation sites is 1. The van der Waals surface area contributed by atoms with Crippen molar-refractivity contribution in [1.29, 1.82) is 0 Å². The molecule has 13 nitrogen and oxygen atoms in total. The molecule has 1 saturated heterocycles. The number of amides is 4. The number of halogens is 1. The van der Waals surface area contributed by atoms with Crippen LogP contribution in [0, 0.1) is 20.8 Å². The van der Waals surface area contributed by atoms with Gasteiger partial charge in [-0.3, -0.25) is 33.9 Å². The third kappa shape index (κ3) is 10.7. The van der Waals surface area contributed by atoms with Gasteiger partial charge in [0.2, 0.25) is 23.5 Å². The van der Waals surface area contributed by atoms with E-state index in [1.807, 2.05) is 69.3 Å². The van der Waals surface area contributed by atoms with E-state index in [2.05, 4.69) is 58.4 Å². The Morgan fingerprint density at radius 3 is 2.30 bits per heavy atom. The molecule has 3 N–H and O–H groups in total. The molecule has 2 aliphatic carbocycles. The van der Waals surface area contributed by atoms with Crippen LogP contribution in [0.15, 0.2) is 67.1 Å². The van der Waals surface area contributed by atoms with E-state index in [1.165, 1.54) is 29.9 Å². The first kappa shape index (κ1) is 43.7. The van der Waals surface area contributed by atoms with Gasteiger partial charge in [-0.1, -0.05) is 83.6 Å². The van der Waals surface area contributed by atoms with Crippen molar-refractivity contribution in [3.8, 4) is 0 Å². The predicted octanol–water partition coefficient (Wildman–Crippen LogP) is 6.17. The second-order valence-corrected chi connectivity index (χ2v) is 19.9. The summed E-state index contributed by atoms with van der Waals surface area (Å²) in [6.07, 6.45) is 12.4. The molecule has 0 spiro atoms. The van der Waals surface area contributed by atoms with Crippen LogP contribution in [-0.4, -0.2) is 98.0 Å². The number of nitrogens with one attached hydrogen (secondary N) is 3. The van der Waals surface area contributed by atoms with Crippen LogP contribution in [-0.2, 0) is 20.9 Å². The number of hydrogen-bond donors (Lipinski definition) is 3. The van der Waals surface area contributed by atoms with Crippen molar-refractivity contribution in [3.63, 3.8) is 0 Å². The number of piperazine rings is 1. The largest absolute Gasteiger partial charge is 0.344 e. The SMILES string of the molecule is CC(C)(C)[C@H](NC(=O)[C@@H](NC(=O)c1cnccn1)C1CCCCC1)C(=O)N1CCN(Cc2ccc(I)cc2)[C@@H](C(=O)NC(CC2CCC2)C(=O)c2nc3ccccc3s2)C1. The standard InChI is InChI=1S/C45H55IN8O5S/c1-45(2,3)39(52-42(58)37(30-12-5-4-6-13-30)51-40(56)34-25-47-20-21-48-34)44(59)54-23-22-53(26-29-16-18-31(46)19-17-29)35(27-54)41(57)49-33(24-28-10-9-11-28)38(55)43-50-32-14-7-8-15-36(32)60-43/h7-8,14-21,25,28,30,33,35,37,39H,4-6,9-13,22-24,26-27H2,1-3H3,(H,49,57)(H,51,56)(H,52,58)/t33?,35-,37+,39-/m1/s1. The van der Waals surface area contributed by atoms with Crippen LogP contribution in [0.4, 0.5) is 0 Å². The summed E-state index contributed by atoms with van der Waals surface area (Å²) >= 11 is 3.61. The van der Waals surface area contributed by atoms with Crippen molar-refractivity contribution in [2.45, 2.75) is 109 Å². The van der Waals surface area contributed by atoms with Crippen LogP contribution < -0.4 is 16.0 Å². The zero-order chi connectivity index (χ0) is 42.4.